The summed E-state index contributed by atoms with van der Waals surface area (Å²) in [5, 5.41) is 7.78. The molecule has 0 bridgehead atoms. The minimum Gasteiger partial charge on any atom is -0.394 e. The molecular formula is C11H22N4. The third-order valence-corrected chi connectivity index (χ3v) is 2.44. The third kappa shape index (κ3) is 2.64. The molecule has 1 heterocycles. The molecule has 3 N–H and O–H groups in total. The van der Waals surface area contributed by atoms with Crippen LogP contribution in [0.3, 0.4) is 0 Å². The van der Waals surface area contributed by atoms with Crippen molar-refractivity contribution in [2.45, 2.75) is 46.6 Å². The van der Waals surface area contributed by atoms with Gasteiger partial charge in [0.2, 0.25) is 0 Å². The molecule has 0 unspecified atom stereocenters. The van der Waals surface area contributed by atoms with Gasteiger partial charge in [0.05, 0.1) is 11.4 Å². The fourth-order valence-electron chi connectivity index (χ4n) is 1.49. The first kappa shape index (κ1) is 11.9. The summed E-state index contributed by atoms with van der Waals surface area (Å²) in [6.45, 7) is 9.29. The van der Waals surface area contributed by atoms with E-state index in [0.29, 0.717) is 6.04 Å². The van der Waals surface area contributed by atoms with Crippen LogP contribution >= 0.6 is 0 Å². The molecule has 0 saturated carbocycles. The van der Waals surface area contributed by atoms with E-state index in [1.165, 1.54) is 6.42 Å². The highest BCUT2D eigenvalue weighted by molar-refractivity contribution is 5.64. The largest absolute Gasteiger partial charge is 0.394 e. The van der Waals surface area contributed by atoms with Crippen LogP contribution in [0, 0.1) is 6.92 Å². The summed E-state index contributed by atoms with van der Waals surface area (Å²) >= 11 is 0. The van der Waals surface area contributed by atoms with Crippen LogP contribution in [-0.2, 0) is 0 Å². The quantitative estimate of drug-likeness (QED) is 0.734. The molecule has 0 aliphatic rings. The minimum absolute atomic E-state index is 0.338. The average Bonchev–Trinajstić information content (AvgIpc) is 2.46. The van der Waals surface area contributed by atoms with Crippen LogP contribution in [0.1, 0.15) is 45.3 Å². The summed E-state index contributed by atoms with van der Waals surface area (Å²) in [6.07, 6.45) is 2.34. The van der Waals surface area contributed by atoms with Crippen molar-refractivity contribution < 1.29 is 0 Å². The van der Waals surface area contributed by atoms with Gasteiger partial charge < -0.3 is 11.1 Å². The molecule has 0 saturated heterocycles. The zero-order valence-corrected chi connectivity index (χ0v) is 10.2. The number of aromatic nitrogens is 2. The Labute approximate surface area is 91.8 Å². The van der Waals surface area contributed by atoms with Gasteiger partial charge in [-0.15, -0.1) is 0 Å². The lowest BCUT2D eigenvalue weighted by molar-refractivity contribution is 0.534. The van der Waals surface area contributed by atoms with Crippen molar-refractivity contribution in [1.82, 2.24) is 9.78 Å². The zero-order valence-electron chi connectivity index (χ0n) is 10.2. The van der Waals surface area contributed by atoms with E-state index in [1.807, 2.05) is 11.6 Å². The summed E-state index contributed by atoms with van der Waals surface area (Å²) in [6, 6.07) is 0.338. The van der Waals surface area contributed by atoms with Gasteiger partial charge in [0.1, 0.15) is 5.82 Å². The number of nitrogens with zero attached hydrogens (tertiary/aromatic N) is 2. The topological polar surface area (TPSA) is 55.9 Å². The van der Waals surface area contributed by atoms with Gasteiger partial charge >= 0.3 is 0 Å². The maximum atomic E-state index is 5.98. The van der Waals surface area contributed by atoms with Crippen LogP contribution < -0.4 is 11.1 Å². The predicted molar refractivity (Wildman–Crippen MR) is 65.2 cm³/mol. The Kier molecular flexibility index (Phi) is 4.00. The van der Waals surface area contributed by atoms with E-state index in [9.17, 15) is 0 Å². The number of nitrogens with two attached hydrogens (primary N) is 1. The van der Waals surface area contributed by atoms with Gasteiger partial charge in [-0.1, -0.05) is 13.3 Å². The number of unbranched alkanes of at least 4 members (excludes halogenated alkanes) is 1. The second kappa shape index (κ2) is 5.05. The Bertz CT molecular complexity index is 315. The van der Waals surface area contributed by atoms with Crippen LogP contribution in [0.4, 0.5) is 11.5 Å². The number of hydrogen-bond acceptors (Lipinski definition) is 3. The van der Waals surface area contributed by atoms with Crippen LogP contribution in [0.5, 0.6) is 0 Å². The van der Waals surface area contributed by atoms with Crippen LogP contribution in [0.2, 0.25) is 0 Å². The van der Waals surface area contributed by atoms with Gasteiger partial charge in [0.15, 0.2) is 0 Å². The summed E-state index contributed by atoms with van der Waals surface area (Å²) in [5.41, 5.74) is 7.66. The number of hydrogen-bond donors (Lipinski definition) is 2. The monoisotopic (exact) mass is 210 g/mol. The van der Waals surface area contributed by atoms with E-state index < -0.39 is 0 Å². The summed E-state index contributed by atoms with van der Waals surface area (Å²) in [5.74, 6) is 0.968. The van der Waals surface area contributed by atoms with Crippen molar-refractivity contribution >= 4 is 11.5 Å². The Morgan fingerprint density at radius 3 is 2.67 bits per heavy atom. The van der Waals surface area contributed by atoms with E-state index in [-0.39, 0.29) is 0 Å². The lowest BCUT2D eigenvalue weighted by Gasteiger charge is -2.12. The molecule has 0 radical (unpaired) electrons. The Morgan fingerprint density at radius 1 is 1.47 bits per heavy atom. The molecule has 0 aromatic carbocycles. The molecule has 0 spiro atoms. The Morgan fingerprint density at radius 2 is 2.13 bits per heavy atom. The molecule has 4 nitrogen and oxygen atoms in total. The molecule has 0 aliphatic carbocycles. The fourth-order valence-corrected chi connectivity index (χ4v) is 1.49. The molecule has 86 valence electrons. The summed E-state index contributed by atoms with van der Waals surface area (Å²) in [7, 11) is 0. The molecule has 0 atom stereocenters. The van der Waals surface area contributed by atoms with Crippen molar-refractivity contribution in [2.75, 3.05) is 17.6 Å². The highest BCUT2D eigenvalue weighted by Gasteiger charge is 2.13. The molecular weight excluding hydrogens is 188 g/mol. The van der Waals surface area contributed by atoms with Gasteiger partial charge in [-0.2, -0.15) is 5.10 Å². The van der Waals surface area contributed by atoms with Gasteiger partial charge in [-0.25, -0.2) is 4.68 Å². The number of rotatable bonds is 5. The van der Waals surface area contributed by atoms with Crippen LogP contribution in [0.15, 0.2) is 0 Å². The standard InChI is InChI=1S/C11H22N4/c1-5-6-7-13-11-10(12)9(4)14-15(11)8(2)3/h8,13H,5-7,12H2,1-4H3. The van der Waals surface area contributed by atoms with Gasteiger partial charge in [-0.05, 0) is 27.2 Å². The Hall–Kier alpha value is -1.19. The summed E-state index contributed by atoms with van der Waals surface area (Å²) in [4.78, 5) is 0. The molecule has 0 amide bonds. The average molecular weight is 210 g/mol. The van der Waals surface area contributed by atoms with Crippen molar-refractivity contribution in [3.63, 3.8) is 0 Å². The molecule has 1 aromatic heterocycles. The van der Waals surface area contributed by atoms with Crippen molar-refractivity contribution in [2.24, 2.45) is 0 Å². The van der Waals surface area contributed by atoms with E-state index in [2.05, 4.69) is 31.2 Å². The third-order valence-electron chi connectivity index (χ3n) is 2.44. The smallest absolute Gasteiger partial charge is 0.148 e. The normalized spacial score (nSPS) is 11.0. The van der Waals surface area contributed by atoms with E-state index in [1.54, 1.807) is 0 Å². The molecule has 1 aromatic rings. The number of nitrogens with one attached hydrogen (secondary N) is 1. The first-order valence-corrected chi connectivity index (χ1v) is 5.66. The second-order valence-electron chi connectivity index (χ2n) is 4.17. The van der Waals surface area contributed by atoms with Crippen molar-refractivity contribution in [3.05, 3.63) is 5.69 Å². The van der Waals surface area contributed by atoms with Crippen molar-refractivity contribution in [1.29, 1.82) is 0 Å². The molecule has 4 heteroatoms. The van der Waals surface area contributed by atoms with Crippen LogP contribution in [-0.4, -0.2) is 16.3 Å². The number of nitrogen functional groups attached to an aromatic ring is 1. The highest BCUT2D eigenvalue weighted by Crippen LogP contribution is 2.25. The number of aryl methyl sites for hydroxylation is 1. The van der Waals surface area contributed by atoms with Crippen LogP contribution in [0.25, 0.3) is 0 Å². The second-order valence-corrected chi connectivity index (χ2v) is 4.17. The molecule has 0 fully saturated rings. The van der Waals surface area contributed by atoms with Gasteiger partial charge in [-0.3, -0.25) is 0 Å². The number of anilines is 2. The first-order valence-electron chi connectivity index (χ1n) is 5.66. The maximum Gasteiger partial charge on any atom is 0.148 e. The molecule has 15 heavy (non-hydrogen) atoms. The minimum atomic E-state index is 0.338. The Balaban J connectivity index is 2.83. The predicted octanol–water partition coefficient (Wildman–Crippen LogP) is 2.57. The molecule has 1 rings (SSSR count). The van der Waals surface area contributed by atoms with E-state index in [0.717, 1.165) is 30.2 Å². The zero-order chi connectivity index (χ0) is 11.4. The van der Waals surface area contributed by atoms with E-state index in [4.69, 9.17) is 5.73 Å². The molecule has 0 aliphatic heterocycles. The SMILES string of the molecule is CCCCNc1c(N)c(C)nn1C(C)C. The fraction of sp³-hybridized carbons (Fsp3) is 0.727. The lowest BCUT2D eigenvalue weighted by Crippen LogP contribution is -2.11. The summed E-state index contributed by atoms with van der Waals surface area (Å²) < 4.78 is 1.96. The van der Waals surface area contributed by atoms with E-state index >= 15 is 0 Å². The van der Waals surface area contributed by atoms with Gasteiger partial charge in [0.25, 0.3) is 0 Å². The highest BCUT2D eigenvalue weighted by atomic mass is 15.4. The van der Waals surface area contributed by atoms with Gasteiger partial charge in [0, 0.05) is 12.6 Å². The maximum absolute atomic E-state index is 5.98. The van der Waals surface area contributed by atoms with Crippen molar-refractivity contribution in [3.8, 4) is 0 Å². The lowest BCUT2D eigenvalue weighted by atomic mass is 10.3. The first-order chi connectivity index (χ1) is 7.07.